The first-order valence-corrected chi connectivity index (χ1v) is 6.05. The minimum atomic E-state index is -0.459. The molecule has 1 saturated heterocycles. The number of rotatable bonds is 4. The van der Waals surface area contributed by atoms with Gasteiger partial charge < -0.3 is 11.1 Å². The Bertz CT molecular complexity index is 283. The molecule has 0 bridgehead atoms. The smallest absolute Gasteiger partial charge is 0.321 e. The molecule has 2 unspecified atom stereocenters. The van der Waals surface area contributed by atoms with E-state index in [1.807, 2.05) is 6.92 Å². The van der Waals surface area contributed by atoms with E-state index in [2.05, 4.69) is 15.5 Å². The molecule has 1 aliphatic heterocycles. The molecule has 0 spiro atoms. The minimum absolute atomic E-state index is 0.252. The van der Waals surface area contributed by atoms with Crippen LogP contribution in [0.1, 0.15) is 19.8 Å². The first-order valence-electron chi connectivity index (χ1n) is 6.05. The average Bonchev–Trinajstić information content (AvgIpc) is 2.76. The lowest BCUT2D eigenvalue weighted by Crippen LogP contribution is -2.48. The molecular weight excluding hydrogens is 220 g/mol. The van der Waals surface area contributed by atoms with Crippen LogP contribution in [0.5, 0.6) is 0 Å². The number of amides is 3. The van der Waals surface area contributed by atoms with Crippen LogP contribution >= 0.6 is 0 Å². The van der Waals surface area contributed by atoms with Crippen LogP contribution in [0.4, 0.5) is 4.79 Å². The summed E-state index contributed by atoms with van der Waals surface area (Å²) in [6, 6.07) is -0.727. The molecule has 3 amide bonds. The third-order valence-electron chi connectivity index (χ3n) is 3.28. The molecule has 2 atom stereocenters. The normalized spacial score (nSPS) is 22.2. The van der Waals surface area contributed by atoms with Crippen molar-refractivity contribution in [3.63, 3.8) is 0 Å². The molecule has 0 saturated carbocycles. The van der Waals surface area contributed by atoms with Gasteiger partial charge in [-0.15, -0.1) is 0 Å². The van der Waals surface area contributed by atoms with Crippen molar-refractivity contribution in [3.05, 3.63) is 0 Å². The van der Waals surface area contributed by atoms with E-state index in [1.54, 1.807) is 0 Å². The summed E-state index contributed by atoms with van der Waals surface area (Å²) >= 11 is 0. The number of nitrogens with one attached hydrogen (secondary N) is 2. The third kappa shape index (κ3) is 3.98. The van der Waals surface area contributed by atoms with Crippen LogP contribution in [0.15, 0.2) is 0 Å². The van der Waals surface area contributed by atoms with E-state index in [9.17, 15) is 9.59 Å². The SMILES string of the molecule is CNC(=O)NC(=O)C(C)N1CCC(CCN)C1. The number of urea groups is 1. The molecule has 1 fully saturated rings. The first kappa shape index (κ1) is 13.9. The molecule has 6 heteroatoms. The van der Waals surface area contributed by atoms with Crippen molar-refractivity contribution in [1.29, 1.82) is 0 Å². The summed E-state index contributed by atoms with van der Waals surface area (Å²) < 4.78 is 0. The summed E-state index contributed by atoms with van der Waals surface area (Å²) in [6.07, 6.45) is 2.08. The van der Waals surface area contributed by atoms with E-state index in [-0.39, 0.29) is 11.9 Å². The Morgan fingerprint density at radius 1 is 1.53 bits per heavy atom. The van der Waals surface area contributed by atoms with Gasteiger partial charge in [0.15, 0.2) is 0 Å². The molecule has 1 rings (SSSR count). The predicted octanol–water partition coefficient (Wildman–Crippen LogP) is -0.499. The second-order valence-corrected chi connectivity index (χ2v) is 4.47. The van der Waals surface area contributed by atoms with Gasteiger partial charge in [-0.05, 0) is 38.8 Å². The van der Waals surface area contributed by atoms with Gasteiger partial charge in [-0.25, -0.2) is 4.79 Å². The van der Waals surface area contributed by atoms with Gasteiger partial charge in [-0.1, -0.05) is 0 Å². The molecule has 4 N–H and O–H groups in total. The number of carbonyl (C=O) groups is 2. The highest BCUT2D eigenvalue weighted by atomic mass is 16.2. The van der Waals surface area contributed by atoms with Gasteiger partial charge in [0, 0.05) is 13.6 Å². The summed E-state index contributed by atoms with van der Waals surface area (Å²) in [5, 5.41) is 4.66. The van der Waals surface area contributed by atoms with E-state index < -0.39 is 6.03 Å². The minimum Gasteiger partial charge on any atom is -0.341 e. The summed E-state index contributed by atoms with van der Waals surface area (Å²) in [5.41, 5.74) is 5.52. The Hall–Kier alpha value is -1.14. The Morgan fingerprint density at radius 2 is 2.24 bits per heavy atom. The highest BCUT2D eigenvalue weighted by Gasteiger charge is 2.29. The topological polar surface area (TPSA) is 87.5 Å². The molecule has 0 aliphatic carbocycles. The van der Waals surface area contributed by atoms with Gasteiger partial charge in [-0.2, -0.15) is 0 Å². The number of nitrogens with zero attached hydrogens (tertiary/aromatic N) is 1. The lowest BCUT2D eigenvalue weighted by Gasteiger charge is -2.23. The predicted molar refractivity (Wildman–Crippen MR) is 65.4 cm³/mol. The summed E-state index contributed by atoms with van der Waals surface area (Å²) in [4.78, 5) is 24.9. The highest BCUT2D eigenvalue weighted by molar-refractivity contribution is 5.96. The fourth-order valence-corrected chi connectivity index (χ4v) is 2.13. The maximum atomic E-state index is 11.7. The average molecular weight is 242 g/mol. The summed E-state index contributed by atoms with van der Waals surface area (Å²) in [6.45, 7) is 4.30. The second kappa shape index (κ2) is 6.56. The van der Waals surface area contributed by atoms with Crippen molar-refractivity contribution in [2.45, 2.75) is 25.8 Å². The van der Waals surface area contributed by atoms with E-state index in [4.69, 9.17) is 5.73 Å². The molecule has 1 aliphatic rings. The second-order valence-electron chi connectivity index (χ2n) is 4.47. The Kier molecular flexibility index (Phi) is 5.37. The van der Waals surface area contributed by atoms with Crippen molar-refractivity contribution in [2.75, 3.05) is 26.7 Å². The molecule has 98 valence electrons. The molecular formula is C11H22N4O2. The Morgan fingerprint density at radius 3 is 2.82 bits per heavy atom. The summed E-state index contributed by atoms with van der Waals surface area (Å²) in [7, 11) is 1.49. The quantitative estimate of drug-likeness (QED) is 0.620. The molecule has 0 aromatic carbocycles. The summed E-state index contributed by atoms with van der Waals surface area (Å²) in [5.74, 6) is 0.327. The van der Waals surface area contributed by atoms with Crippen LogP contribution < -0.4 is 16.4 Å². The largest absolute Gasteiger partial charge is 0.341 e. The number of imide groups is 1. The van der Waals surface area contributed by atoms with E-state index >= 15 is 0 Å². The Labute approximate surface area is 102 Å². The van der Waals surface area contributed by atoms with Crippen LogP contribution in [0.25, 0.3) is 0 Å². The molecule has 1 heterocycles. The van der Waals surface area contributed by atoms with E-state index in [0.717, 1.165) is 25.9 Å². The Balaban J connectivity index is 2.40. The fourth-order valence-electron chi connectivity index (χ4n) is 2.13. The van der Waals surface area contributed by atoms with Gasteiger partial charge in [0.25, 0.3) is 0 Å². The van der Waals surface area contributed by atoms with Crippen LogP contribution in [-0.2, 0) is 4.79 Å². The van der Waals surface area contributed by atoms with Gasteiger partial charge in [0.1, 0.15) is 0 Å². The van der Waals surface area contributed by atoms with Crippen molar-refractivity contribution in [2.24, 2.45) is 11.7 Å². The van der Waals surface area contributed by atoms with Crippen molar-refractivity contribution < 1.29 is 9.59 Å². The molecule has 17 heavy (non-hydrogen) atoms. The van der Waals surface area contributed by atoms with Gasteiger partial charge in [0.05, 0.1) is 6.04 Å². The lowest BCUT2D eigenvalue weighted by molar-refractivity contribution is -0.124. The standard InChI is InChI=1S/C11H22N4O2/c1-8(10(16)14-11(17)13-2)15-6-4-9(7-15)3-5-12/h8-9H,3-7,12H2,1-2H3,(H2,13,14,16,17). The number of carbonyl (C=O) groups excluding carboxylic acids is 2. The number of likely N-dealkylation sites (tertiary alicyclic amines) is 1. The lowest BCUT2D eigenvalue weighted by atomic mass is 10.1. The van der Waals surface area contributed by atoms with Gasteiger partial charge >= 0.3 is 6.03 Å². The highest BCUT2D eigenvalue weighted by Crippen LogP contribution is 2.20. The molecule has 0 aromatic rings. The van der Waals surface area contributed by atoms with Crippen molar-refractivity contribution in [3.8, 4) is 0 Å². The maximum Gasteiger partial charge on any atom is 0.321 e. The zero-order valence-corrected chi connectivity index (χ0v) is 10.5. The number of hydrogen-bond acceptors (Lipinski definition) is 4. The third-order valence-corrected chi connectivity index (χ3v) is 3.28. The molecule has 0 radical (unpaired) electrons. The maximum absolute atomic E-state index is 11.7. The van der Waals surface area contributed by atoms with E-state index in [0.29, 0.717) is 12.5 Å². The van der Waals surface area contributed by atoms with Crippen molar-refractivity contribution >= 4 is 11.9 Å². The zero-order chi connectivity index (χ0) is 12.8. The fraction of sp³-hybridized carbons (Fsp3) is 0.818. The van der Waals surface area contributed by atoms with Crippen molar-refractivity contribution in [1.82, 2.24) is 15.5 Å². The molecule has 0 aromatic heterocycles. The van der Waals surface area contributed by atoms with Gasteiger partial charge in [-0.3, -0.25) is 15.0 Å². The van der Waals surface area contributed by atoms with E-state index in [1.165, 1.54) is 7.05 Å². The monoisotopic (exact) mass is 242 g/mol. The van der Waals surface area contributed by atoms with Gasteiger partial charge in [0.2, 0.25) is 5.91 Å². The van der Waals surface area contributed by atoms with Crippen LogP contribution in [0, 0.1) is 5.92 Å². The van der Waals surface area contributed by atoms with Crippen LogP contribution in [0.3, 0.4) is 0 Å². The molecule has 6 nitrogen and oxygen atoms in total. The van der Waals surface area contributed by atoms with Crippen LogP contribution in [-0.4, -0.2) is 49.6 Å². The zero-order valence-electron chi connectivity index (χ0n) is 10.5. The number of nitrogens with two attached hydrogens (primary N) is 1. The first-order chi connectivity index (χ1) is 8.08. The number of hydrogen-bond donors (Lipinski definition) is 3. The van der Waals surface area contributed by atoms with Crippen LogP contribution in [0.2, 0.25) is 0 Å².